The highest BCUT2D eigenvalue weighted by molar-refractivity contribution is 7.08. The molecule has 2 bridgehead atoms. The fourth-order valence-electron chi connectivity index (χ4n) is 3.70. The second kappa shape index (κ2) is 5.72. The minimum Gasteiger partial charge on any atom is -0.490 e. The highest BCUT2D eigenvalue weighted by Crippen LogP contribution is 2.38. The van der Waals surface area contributed by atoms with Gasteiger partial charge in [-0.2, -0.15) is 11.3 Å². The third-order valence-corrected chi connectivity index (χ3v) is 5.33. The summed E-state index contributed by atoms with van der Waals surface area (Å²) in [6, 6.07) is 6.35. The molecule has 0 saturated carbocycles. The van der Waals surface area contributed by atoms with Crippen molar-refractivity contribution in [2.75, 3.05) is 0 Å². The van der Waals surface area contributed by atoms with Gasteiger partial charge in [0, 0.05) is 42.7 Å². The van der Waals surface area contributed by atoms with Crippen LogP contribution in [0.2, 0.25) is 0 Å². The molecule has 22 heavy (non-hydrogen) atoms. The van der Waals surface area contributed by atoms with Gasteiger partial charge in [0.25, 0.3) is 5.91 Å². The molecule has 0 aliphatic carbocycles. The molecule has 4 heterocycles. The summed E-state index contributed by atoms with van der Waals surface area (Å²) in [5.74, 6) is 1.06. The van der Waals surface area contributed by atoms with Crippen LogP contribution >= 0.6 is 11.3 Å². The Morgan fingerprint density at radius 1 is 1.18 bits per heavy atom. The van der Waals surface area contributed by atoms with Crippen molar-refractivity contribution in [3.05, 3.63) is 46.9 Å². The molecule has 2 aliphatic heterocycles. The highest BCUT2D eigenvalue weighted by atomic mass is 32.1. The smallest absolute Gasteiger partial charge is 0.255 e. The Bertz CT molecular complexity index is 630. The number of piperidine rings is 1. The van der Waals surface area contributed by atoms with Crippen LogP contribution in [0.3, 0.4) is 0 Å². The van der Waals surface area contributed by atoms with Gasteiger partial charge in [0.15, 0.2) is 0 Å². The lowest BCUT2D eigenvalue weighted by atomic mass is 9.98. The second-order valence-corrected chi connectivity index (χ2v) is 6.78. The number of pyridine rings is 1. The normalized spacial score (nSPS) is 26.9. The van der Waals surface area contributed by atoms with E-state index in [0.717, 1.165) is 37.0 Å². The van der Waals surface area contributed by atoms with Crippen LogP contribution in [0.1, 0.15) is 36.0 Å². The first-order valence-electron chi connectivity index (χ1n) is 7.73. The Labute approximate surface area is 133 Å². The maximum absolute atomic E-state index is 12.7. The van der Waals surface area contributed by atoms with E-state index in [2.05, 4.69) is 9.88 Å². The largest absolute Gasteiger partial charge is 0.490 e. The van der Waals surface area contributed by atoms with Gasteiger partial charge in [0.05, 0.1) is 5.56 Å². The molecule has 2 unspecified atom stereocenters. The number of amides is 1. The van der Waals surface area contributed by atoms with Crippen molar-refractivity contribution in [1.29, 1.82) is 0 Å². The van der Waals surface area contributed by atoms with E-state index < -0.39 is 0 Å². The highest BCUT2D eigenvalue weighted by Gasteiger charge is 2.44. The van der Waals surface area contributed by atoms with E-state index in [1.807, 2.05) is 29.0 Å². The van der Waals surface area contributed by atoms with Crippen molar-refractivity contribution in [3.8, 4) is 5.75 Å². The number of thiophene rings is 1. The monoisotopic (exact) mass is 314 g/mol. The molecule has 2 fully saturated rings. The first-order chi connectivity index (χ1) is 10.8. The summed E-state index contributed by atoms with van der Waals surface area (Å²) in [4.78, 5) is 18.8. The molecule has 0 aromatic carbocycles. The molecule has 2 atom stereocenters. The second-order valence-electron chi connectivity index (χ2n) is 6.00. The molecule has 2 aliphatic rings. The summed E-state index contributed by atoms with van der Waals surface area (Å²) in [5.41, 5.74) is 0.829. The van der Waals surface area contributed by atoms with E-state index in [-0.39, 0.29) is 12.0 Å². The van der Waals surface area contributed by atoms with Crippen LogP contribution in [0, 0.1) is 0 Å². The number of hydrogen-bond donors (Lipinski definition) is 0. The molecule has 0 radical (unpaired) electrons. The Hall–Kier alpha value is -1.88. The van der Waals surface area contributed by atoms with Crippen molar-refractivity contribution in [2.45, 2.75) is 43.9 Å². The zero-order valence-corrected chi connectivity index (χ0v) is 13.0. The van der Waals surface area contributed by atoms with Gasteiger partial charge in [-0.15, -0.1) is 0 Å². The van der Waals surface area contributed by atoms with Gasteiger partial charge in [-0.05, 0) is 36.4 Å². The molecule has 2 aromatic heterocycles. The maximum Gasteiger partial charge on any atom is 0.255 e. The van der Waals surface area contributed by atoms with Crippen LogP contribution in [0.15, 0.2) is 41.4 Å². The molecule has 114 valence electrons. The molecule has 4 rings (SSSR count). The van der Waals surface area contributed by atoms with Crippen molar-refractivity contribution >= 4 is 17.2 Å². The SMILES string of the molecule is O=C(c1ccsc1)N1C2CCC1CC(Oc1ccncc1)C2. The van der Waals surface area contributed by atoms with Crippen molar-refractivity contribution in [3.63, 3.8) is 0 Å². The lowest BCUT2D eigenvalue weighted by molar-refractivity contribution is 0.0359. The summed E-state index contributed by atoms with van der Waals surface area (Å²) in [7, 11) is 0. The first kappa shape index (κ1) is 13.8. The molecule has 2 aromatic rings. The van der Waals surface area contributed by atoms with Crippen molar-refractivity contribution in [2.24, 2.45) is 0 Å². The average molecular weight is 314 g/mol. The number of hydrogen-bond acceptors (Lipinski definition) is 4. The standard InChI is InChI=1S/C17H18N2O2S/c20-17(12-5-8-22-11-12)19-13-1-2-14(19)10-16(9-13)21-15-3-6-18-7-4-15/h3-8,11,13-14,16H,1-2,9-10H2. The molecule has 1 amide bonds. The molecule has 0 N–H and O–H groups in total. The topological polar surface area (TPSA) is 42.4 Å². The van der Waals surface area contributed by atoms with Gasteiger partial charge in [-0.1, -0.05) is 0 Å². The van der Waals surface area contributed by atoms with E-state index in [0.29, 0.717) is 12.1 Å². The number of carbonyl (C=O) groups excluding carboxylic acids is 1. The number of carbonyl (C=O) groups is 1. The minimum absolute atomic E-state index is 0.191. The summed E-state index contributed by atoms with van der Waals surface area (Å²) in [5, 5.41) is 3.91. The molecule has 0 spiro atoms. The van der Waals surface area contributed by atoms with Crippen LogP contribution < -0.4 is 4.74 Å². The molecular weight excluding hydrogens is 296 g/mol. The fourth-order valence-corrected chi connectivity index (χ4v) is 4.33. The third-order valence-electron chi connectivity index (χ3n) is 4.64. The van der Waals surface area contributed by atoms with Crippen LogP contribution in [0.25, 0.3) is 0 Å². The van der Waals surface area contributed by atoms with Gasteiger partial charge in [0.1, 0.15) is 11.9 Å². The van der Waals surface area contributed by atoms with Crippen molar-refractivity contribution < 1.29 is 9.53 Å². The number of rotatable bonds is 3. The first-order valence-corrected chi connectivity index (χ1v) is 8.67. The summed E-state index contributed by atoms with van der Waals surface area (Å²) in [6.45, 7) is 0. The van der Waals surface area contributed by atoms with Gasteiger partial charge in [-0.3, -0.25) is 9.78 Å². The minimum atomic E-state index is 0.191. The quantitative estimate of drug-likeness (QED) is 0.872. The molecule has 4 nitrogen and oxygen atoms in total. The van der Waals surface area contributed by atoms with E-state index in [1.54, 1.807) is 23.7 Å². The van der Waals surface area contributed by atoms with Crippen LogP contribution in [0.5, 0.6) is 5.75 Å². The van der Waals surface area contributed by atoms with E-state index in [1.165, 1.54) is 0 Å². The Morgan fingerprint density at radius 2 is 1.91 bits per heavy atom. The van der Waals surface area contributed by atoms with E-state index in [9.17, 15) is 4.79 Å². The fraction of sp³-hybridized carbons (Fsp3) is 0.412. The zero-order chi connectivity index (χ0) is 14.9. The summed E-state index contributed by atoms with van der Waals surface area (Å²) >= 11 is 1.58. The summed E-state index contributed by atoms with van der Waals surface area (Å²) in [6.07, 6.45) is 7.74. The molecule has 5 heteroatoms. The van der Waals surface area contributed by atoms with Gasteiger partial charge in [0.2, 0.25) is 0 Å². The molecular formula is C17H18N2O2S. The van der Waals surface area contributed by atoms with Crippen LogP contribution in [0.4, 0.5) is 0 Å². The Morgan fingerprint density at radius 3 is 2.55 bits per heavy atom. The number of ether oxygens (including phenoxy) is 1. The lowest BCUT2D eigenvalue weighted by Gasteiger charge is -2.38. The average Bonchev–Trinajstić information content (AvgIpc) is 3.15. The number of aromatic nitrogens is 1. The number of fused-ring (bicyclic) bond motifs is 2. The number of nitrogens with zero attached hydrogens (tertiary/aromatic N) is 2. The predicted molar refractivity (Wildman–Crippen MR) is 85.2 cm³/mol. The van der Waals surface area contributed by atoms with E-state index in [4.69, 9.17) is 4.74 Å². The van der Waals surface area contributed by atoms with Gasteiger partial charge < -0.3 is 9.64 Å². The van der Waals surface area contributed by atoms with Crippen LogP contribution in [-0.4, -0.2) is 34.0 Å². The van der Waals surface area contributed by atoms with Gasteiger partial charge >= 0.3 is 0 Å². The van der Waals surface area contributed by atoms with Gasteiger partial charge in [-0.25, -0.2) is 0 Å². The van der Waals surface area contributed by atoms with Crippen molar-refractivity contribution in [1.82, 2.24) is 9.88 Å². The third kappa shape index (κ3) is 2.50. The predicted octanol–water partition coefficient (Wildman–Crippen LogP) is 3.36. The summed E-state index contributed by atoms with van der Waals surface area (Å²) < 4.78 is 6.08. The maximum atomic E-state index is 12.7. The molecule has 2 saturated heterocycles. The Kier molecular flexibility index (Phi) is 3.58. The lowest BCUT2D eigenvalue weighted by Crippen LogP contribution is -2.49. The van der Waals surface area contributed by atoms with E-state index >= 15 is 0 Å². The zero-order valence-electron chi connectivity index (χ0n) is 12.2. The Balaban J connectivity index is 1.47. The van der Waals surface area contributed by atoms with Crippen LogP contribution in [-0.2, 0) is 0 Å².